The zero-order chi connectivity index (χ0) is 13.9. The second kappa shape index (κ2) is 5.67. The van der Waals surface area contributed by atoms with E-state index in [0.717, 1.165) is 32.0 Å². The highest BCUT2D eigenvalue weighted by atomic mass is 35.5. The zero-order valence-electron chi connectivity index (χ0n) is 11.5. The van der Waals surface area contributed by atoms with Crippen LogP contribution in [0.25, 0.3) is 0 Å². The molecule has 5 heteroatoms. The molecule has 1 fully saturated rings. The van der Waals surface area contributed by atoms with Gasteiger partial charge in [-0.1, -0.05) is 23.7 Å². The SMILES string of the molecule is Cc1cccc(N2CCN(c3ncncc3Cl)CC2)c1. The number of hydrogen-bond acceptors (Lipinski definition) is 4. The van der Waals surface area contributed by atoms with Crippen LogP contribution in [0.1, 0.15) is 5.56 Å². The molecule has 0 radical (unpaired) electrons. The third-order valence-corrected chi connectivity index (χ3v) is 3.86. The highest BCUT2D eigenvalue weighted by molar-refractivity contribution is 6.32. The minimum atomic E-state index is 0.622. The number of piperazine rings is 1. The second-order valence-corrected chi connectivity index (χ2v) is 5.41. The van der Waals surface area contributed by atoms with Gasteiger partial charge in [0.05, 0.1) is 6.20 Å². The summed E-state index contributed by atoms with van der Waals surface area (Å²) in [6, 6.07) is 8.63. The monoisotopic (exact) mass is 288 g/mol. The fourth-order valence-electron chi connectivity index (χ4n) is 2.54. The Hall–Kier alpha value is -1.81. The lowest BCUT2D eigenvalue weighted by molar-refractivity contribution is 0.646. The van der Waals surface area contributed by atoms with Crippen molar-refractivity contribution >= 4 is 23.1 Å². The number of anilines is 2. The molecule has 0 spiro atoms. The van der Waals surface area contributed by atoms with Gasteiger partial charge in [0, 0.05) is 31.9 Å². The van der Waals surface area contributed by atoms with Crippen LogP contribution in [-0.4, -0.2) is 36.1 Å². The van der Waals surface area contributed by atoms with Gasteiger partial charge in [0.1, 0.15) is 11.3 Å². The Morgan fingerprint density at radius 3 is 2.55 bits per heavy atom. The van der Waals surface area contributed by atoms with Crippen LogP contribution in [0, 0.1) is 6.92 Å². The average molecular weight is 289 g/mol. The van der Waals surface area contributed by atoms with E-state index < -0.39 is 0 Å². The van der Waals surface area contributed by atoms with Crippen molar-refractivity contribution < 1.29 is 0 Å². The summed E-state index contributed by atoms with van der Waals surface area (Å²) in [4.78, 5) is 12.8. The van der Waals surface area contributed by atoms with Gasteiger partial charge in [0.2, 0.25) is 0 Å². The van der Waals surface area contributed by atoms with Crippen molar-refractivity contribution in [2.45, 2.75) is 6.92 Å². The van der Waals surface area contributed by atoms with Crippen LogP contribution in [0.4, 0.5) is 11.5 Å². The summed E-state index contributed by atoms with van der Waals surface area (Å²) < 4.78 is 0. The Labute approximate surface area is 124 Å². The van der Waals surface area contributed by atoms with Crippen LogP contribution in [0.2, 0.25) is 5.02 Å². The first-order valence-corrected chi connectivity index (χ1v) is 7.14. The zero-order valence-corrected chi connectivity index (χ0v) is 12.2. The third-order valence-electron chi connectivity index (χ3n) is 3.59. The van der Waals surface area contributed by atoms with Crippen LogP contribution in [-0.2, 0) is 0 Å². The molecule has 4 nitrogen and oxygen atoms in total. The van der Waals surface area contributed by atoms with E-state index >= 15 is 0 Å². The van der Waals surface area contributed by atoms with Crippen molar-refractivity contribution in [2.24, 2.45) is 0 Å². The maximum Gasteiger partial charge on any atom is 0.150 e. The largest absolute Gasteiger partial charge is 0.368 e. The first-order chi connectivity index (χ1) is 9.74. The standard InChI is InChI=1S/C15H17ClN4/c1-12-3-2-4-13(9-12)19-5-7-20(8-6-19)15-14(16)10-17-11-18-15/h2-4,9-11H,5-8H2,1H3. The molecule has 0 unspecified atom stereocenters. The topological polar surface area (TPSA) is 32.3 Å². The normalized spacial score (nSPS) is 15.5. The van der Waals surface area contributed by atoms with E-state index in [1.54, 1.807) is 12.5 Å². The van der Waals surface area contributed by atoms with Gasteiger partial charge in [-0.3, -0.25) is 0 Å². The van der Waals surface area contributed by atoms with Gasteiger partial charge < -0.3 is 9.80 Å². The molecular weight excluding hydrogens is 272 g/mol. The fraction of sp³-hybridized carbons (Fsp3) is 0.333. The second-order valence-electron chi connectivity index (χ2n) is 5.01. The minimum Gasteiger partial charge on any atom is -0.368 e. The van der Waals surface area contributed by atoms with Crippen LogP contribution in [0.15, 0.2) is 36.8 Å². The highest BCUT2D eigenvalue weighted by Gasteiger charge is 2.20. The van der Waals surface area contributed by atoms with Crippen LogP contribution >= 0.6 is 11.6 Å². The van der Waals surface area contributed by atoms with Crippen molar-refractivity contribution in [3.63, 3.8) is 0 Å². The van der Waals surface area contributed by atoms with Crippen LogP contribution in [0.3, 0.4) is 0 Å². The van der Waals surface area contributed by atoms with Gasteiger partial charge in [-0.2, -0.15) is 0 Å². The van der Waals surface area contributed by atoms with E-state index in [1.165, 1.54) is 11.3 Å². The molecule has 1 aromatic carbocycles. The van der Waals surface area contributed by atoms with Crippen molar-refractivity contribution in [3.05, 3.63) is 47.4 Å². The molecule has 3 rings (SSSR count). The van der Waals surface area contributed by atoms with Gasteiger partial charge in [0.25, 0.3) is 0 Å². The van der Waals surface area contributed by atoms with Crippen molar-refractivity contribution in [1.82, 2.24) is 9.97 Å². The molecule has 0 saturated carbocycles. The average Bonchev–Trinajstić information content (AvgIpc) is 2.48. The Kier molecular flexibility index (Phi) is 3.74. The van der Waals surface area contributed by atoms with Gasteiger partial charge in [-0.25, -0.2) is 9.97 Å². The summed E-state index contributed by atoms with van der Waals surface area (Å²) in [5.41, 5.74) is 2.59. The molecular formula is C15H17ClN4. The van der Waals surface area contributed by atoms with Gasteiger partial charge in [-0.05, 0) is 24.6 Å². The molecule has 0 aliphatic carbocycles. The van der Waals surface area contributed by atoms with Gasteiger partial charge in [0.15, 0.2) is 5.82 Å². The fourth-order valence-corrected chi connectivity index (χ4v) is 2.76. The third kappa shape index (κ3) is 2.70. The summed E-state index contributed by atoms with van der Waals surface area (Å²) in [5.74, 6) is 0.838. The number of nitrogens with zero attached hydrogens (tertiary/aromatic N) is 4. The van der Waals surface area contributed by atoms with E-state index in [-0.39, 0.29) is 0 Å². The Morgan fingerprint density at radius 1 is 1.10 bits per heavy atom. The smallest absolute Gasteiger partial charge is 0.150 e. The lowest BCUT2D eigenvalue weighted by Gasteiger charge is -2.37. The number of aryl methyl sites for hydroxylation is 1. The summed E-state index contributed by atoms with van der Waals surface area (Å²) in [6.45, 7) is 5.92. The minimum absolute atomic E-state index is 0.622. The molecule has 1 aliphatic rings. The van der Waals surface area contributed by atoms with Crippen molar-refractivity contribution in [3.8, 4) is 0 Å². The Bertz CT molecular complexity index is 594. The first-order valence-electron chi connectivity index (χ1n) is 6.76. The molecule has 2 aromatic rings. The quantitative estimate of drug-likeness (QED) is 0.851. The number of rotatable bonds is 2. The first kappa shape index (κ1) is 13.2. The van der Waals surface area contributed by atoms with Crippen LogP contribution < -0.4 is 9.80 Å². The van der Waals surface area contributed by atoms with Gasteiger partial charge in [-0.15, -0.1) is 0 Å². The maximum atomic E-state index is 6.15. The van der Waals surface area contributed by atoms with E-state index in [4.69, 9.17) is 11.6 Å². The number of aromatic nitrogens is 2. The predicted molar refractivity (Wildman–Crippen MR) is 82.6 cm³/mol. The number of halogens is 1. The van der Waals surface area contributed by atoms with E-state index in [0.29, 0.717) is 5.02 Å². The summed E-state index contributed by atoms with van der Waals surface area (Å²) in [6.07, 6.45) is 3.20. The molecule has 1 saturated heterocycles. The molecule has 0 atom stereocenters. The molecule has 0 N–H and O–H groups in total. The summed E-state index contributed by atoms with van der Waals surface area (Å²) in [7, 11) is 0. The summed E-state index contributed by atoms with van der Waals surface area (Å²) >= 11 is 6.15. The molecule has 0 bridgehead atoms. The molecule has 20 heavy (non-hydrogen) atoms. The Morgan fingerprint density at radius 2 is 1.85 bits per heavy atom. The van der Waals surface area contributed by atoms with Gasteiger partial charge >= 0.3 is 0 Å². The van der Waals surface area contributed by atoms with E-state index in [2.05, 4.69) is 51.0 Å². The highest BCUT2D eigenvalue weighted by Crippen LogP contribution is 2.24. The van der Waals surface area contributed by atoms with Crippen molar-refractivity contribution in [2.75, 3.05) is 36.0 Å². The maximum absolute atomic E-state index is 6.15. The lowest BCUT2D eigenvalue weighted by Crippen LogP contribution is -2.47. The van der Waals surface area contributed by atoms with E-state index in [9.17, 15) is 0 Å². The lowest BCUT2D eigenvalue weighted by atomic mass is 10.2. The number of hydrogen-bond donors (Lipinski definition) is 0. The summed E-state index contributed by atoms with van der Waals surface area (Å²) in [5, 5.41) is 0.622. The molecule has 104 valence electrons. The molecule has 1 aromatic heterocycles. The predicted octanol–water partition coefficient (Wildman–Crippen LogP) is 2.77. The molecule has 1 aliphatic heterocycles. The Balaban J connectivity index is 1.70. The van der Waals surface area contributed by atoms with Crippen LogP contribution in [0.5, 0.6) is 0 Å². The van der Waals surface area contributed by atoms with Crippen molar-refractivity contribution in [1.29, 1.82) is 0 Å². The van der Waals surface area contributed by atoms with E-state index in [1.807, 2.05) is 0 Å². The number of benzene rings is 1. The molecule has 2 heterocycles. The molecule has 0 amide bonds.